The predicted molar refractivity (Wildman–Crippen MR) is 177 cm³/mol. The second-order valence-electron chi connectivity index (χ2n) is 11.8. The molecule has 4 rings (SSSR count). The van der Waals surface area contributed by atoms with E-state index in [1.807, 2.05) is 6.92 Å². The minimum atomic E-state index is -5.84. The van der Waals surface area contributed by atoms with Crippen LogP contribution < -0.4 is 14.8 Å². The van der Waals surface area contributed by atoms with Gasteiger partial charge in [-0.15, -0.1) is 6.58 Å². The first kappa shape index (κ1) is 41.6. The Kier molecular flexibility index (Phi) is 18.5. The van der Waals surface area contributed by atoms with Gasteiger partial charge in [0.15, 0.2) is 0 Å². The van der Waals surface area contributed by atoms with Crippen LogP contribution in [-0.4, -0.2) is 42.0 Å². The maximum Gasteiger partial charge on any atom is 0.522 e. The largest absolute Gasteiger partial charge is 0.522 e. The predicted octanol–water partition coefficient (Wildman–Crippen LogP) is 10.3. The number of halogens is 3. The Hall–Kier alpha value is -1.43. The Morgan fingerprint density at radius 3 is 1.56 bits per heavy atom. The number of hydrogen-bond acceptors (Lipinski definition) is 4. The second-order valence-corrected chi connectivity index (χ2v) is 16.0. The van der Waals surface area contributed by atoms with Crippen molar-refractivity contribution in [1.29, 1.82) is 0 Å². The molecule has 2 aliphatic carbocycles. The quantitative estimate of drug-likeness (QED) is 0.0953. The molecule has 45 heavy (non-hydrogen) atoms. The first-order valence-corrected chi connectivity index (χ1v) is 18.6. The molecule has 0 unspecified atom stereocenters. The molecule has 2 aromatic rings. The molecule has 0 aliphatic heterocycles. The molecular formula is C34H50F3O5PPdS. The first-order chi connectivity index (χ1) is 20.7. The van der Waals surface area contributed by atoms with Crippen LogP contribution in [0, 0.1) is 0 Å². The van der Waals surface area contributed by atoms with Crippen LogP contribution in [0.2, 0.25) is 0 Å². The van der Waals surface area contributed by atoms with Crippen LogP contribution >= 0.6 is 7.92 Å². The van der Waals surface area contributed by atoms with Crippen molar-refractivity contribution in [1.82, 2.24) is 0 Å². The average Bonchev–Trinajstić information content (AvgIpc) is 2.94. The van der Waals surface area contributed by atoms with E-state index >= 15 is 0 Å². The van der Waals surface area contributed by atoms with Crippen molar-refractivity contribution >= 4 is 23.3 Å². The third-order valence-corrected chi connectivity index (χ3v) is 11.5. The summed E-state index contributed by atoms with van der Waals surface area (Å²) in [6, 6.07) is 15.6. The fraction of sp³-hybridized carbons (Fsp3) is 0.588. The van der Waals surface area contributed by atoms with E-state index in [4.69, 9.17) is 22.4 Å². The van der Waals surface area contributed by atoms with Gasteiger partial charge in [0.1, 0.15) is 11.5 Å². The van der Waals surface area contributed by atoms with E-state index < -0.39 is 15.6 Å². The fourth-order valence-electron chi connectivity index (χ4n) is 5.80. The second kappa shape index (κ2) is 20.1. The third-order valence-electron chi connectivity index (χ3n) is 7.39. The Morgan fingerprint density at radius 2 is 1.20 bits per heavy atom. The van der Waals surface area contributed by atoms with Crippen molar-refractivity contribution in [2.45, 2.75) is 128 Å². The van der Waals surface area contributed by atoms with Gasteiger partial charge in [0.25, 0.3) is 0 Å². The van der Waals surface area contributed by atoms with E-state index in [1.54, 1.807) is 11.4 Å². The van der Waals surface area contributed by atoms with E-state index in [0.29, 0.717) is 0 Å². The number of rotatable bonds is 8. The SMILES string of the molecule is C=CC.CC(C)Oc1cccc(OC(C)C)c1-c1ccccc1P(C1CCCCC1)C1CCCCC1.O=S(=O)(O)C(F)(F)F.[Pd]. The summed E-state index contributed by atoms with van der Waals surface area (Å²) < 4.78 is 70.3. The molecule has 2 aromatic carbocycles. The summed E-state index contributed by atoms with van der Waals surface area (Å²) in [5.41, 5.74) is -1.29. The molecule has 11 heteroatoms. The summed E-state index contributed by atoms with van der Waals surface area (Å²) in [5, 5.41) is 1.60. The van der Waals surface area contributed by atoms with Gasteiger partial charge in [-0.2, -0.15) is 21.6 Å². The van der Waals surface area contributed by atoms with Gasteiger partial charge in [0.2, 0.25) is 0 Å². The van der Waals surface area contributed by atoms with Gasteiger partial charge in [0.05, 0.1) is 17.8 Å². The molecule has 1 N–H and O–H groups in total. The molecule has 0 bridgehead atoms. The van der Waals surface area contributed by atoms with E-state index in [-0.39, 0.29) is 40.6 Å². The monoisotopic (exact) mass is 764 g/mol. The number of alkyl halides is 3. The van der Waals surface area contributed by atoms with Crippen LogP contribution in [0.25, 0.3) is 11.1 Å². The van der Waals surface area contributed by atoms with Gasteiger partial charge < -0.3 is 9.47 Å². The molecule has 0 heterocycles. The number of hydrogen-bond donors (Lipinski definition) is 1. The first-order valence-electron chi connectivity index (χ1n) is 15.7. The van der Waals surface area contributed by atoms with Crippen LogP contribution in [0.4, 0.5) is 13.2 Å². The molecule has 0 saturated heterocycles. The summed E-state index contributed by atoms with van der Waals surface area (Å²) in [6.45, 7) is 13.7. The molecule has 2 saturated carbocycles. The van der Waals surface area contributed by atoms with Crippen LogP contribution in [0.3, 0.4) is 0 Å². The van der Waals surface area contributed by atoms with E-state index in [1.165, 1.54) is 69.8 Å². The topological polar surface area (TPSA) is 72.8 Å². The summed E-state index contributed by atoms with van der Waals surface area (Å²) in [7, 11) is -6.05. The van der Waals surface area contributed by atoms with Crippen molar-refractivity contribution in [3.8, 4) is 22.6 Å². The van der Waals surface area contributed by atoms with Gasteiger partial charge >= 0.3 is 15.6 Å². The minimum Gasteiger partial charge on any atom is -0.490 e. The standard InChI is InChI=1S/C30H43O2P.C3H6.CHF3O3S.Pd/c1-22(2)31-27-19-13-20-28(32-23(3)4)30(27)26-18-11-12-21-29(26)33(24-14-7-5-8-15-24)25-16-9-6-10-17-25;1-3-2;2-1(3,4)8(5,6)7;/h11-13,18-25H,5-10,14-17H2,1-4H3;3H,1H2,2H3;(H,5,6,7);. The Bertz CT molecular complexity index is 1210. The summed E-state index contributed by atoms with van der Waals surface area (Å²) in [6.07, 6.45) is 16.1. The van der Waals surface area contributed by atoms with Gasteiger partial charge in [-0.05, 0) is 94.6 Å². The molecule has 5 nitrogen and oxygen atoms in total. The smallest absolute Gasteiger partial charge is 0.490 e. The fourth-order valence-corrected chi connectivity index (χ4v) is 9.75. The number of ether oxygens (including phenoxy) is 2. The van der Waals surface area contributed by atoms with E-state index in [0.717, 1.165) is 28.4 Å². The zero-order valence-corrected chi connectivity index (χ0v) is 30.4. The van der Waals surface area contributed by atoms with E-state index in [2.05, 4.69) is 76.7 Å². The molecule has 0 spiro atoms. The van der Waals surface area contributed by atoms with Crippen LogP contribution in [0.1, 0.15) is 98.8 Å². The van der Waals surface area contributed by atoms with Gasteiger partial charge in [-0.1, -0.05) is 82.9 Å². The minimum absolute atomic E-state index is 0. The summed E-state index contributed by atoms with van der Waals surface area (Å²) in [5.74, 6) is 1.91. The van der Waals surface area contributed by atoms with Gasteiger partial charge in [-0.25, -0.2) is 0 Å². The zero-order chi connectivity index (χ0) is 32.9. The molecule has 0 radical (unpaired) electrons. The molecule has 0 amide bonds. The summed E-state index contributed by atoms with van der Waals surface area (Å²) >= 11 is 0. The molecule has 0 aromatic heterocycles. The zero-order valence-electron chi connectivity index (χ0n) is 27.1. The summed E-state index contributed by atoms with van der Waals surface area (Å²) in [4.78, 5) is 0. The van der Waals surface area contributed by atoms with Crippen LogP contribution in [0.5, 0.6) is 11.5 Å². The molecule has 2 aliphatic rings. The van der Waals surface area contributed by atoms with Crippen molar-refractivity contribution in [2.24, 2.45) is 0 Å². The average molecular weight is 765 g/mol. The van der Waals surface area contributed by atoms with Crippen molar-refractivity contribution in [3.05, 3.63) is 55.1 Å². The normalized spacial score (nSPS) is 16.2. The van der Waals surface area contributed by atoms with Crippen LogP contribution in [0.15, 0.2) is 55.1 Å². The molecule has 2 fully saturated rings. The third kappa shape index (κ3) is 13.3. The molecule has 258 valence electrons. The van der Waals surface area contributed by atoms with Crippen molar-refractivity contribution in [3.63, 3.8) is 0 Å². The van der Waals surface area contributed by atoms with Crippen molar-refractivity contribution < 1.29 is 56.0 Å². The van der Waals surface area contributed by atoms with Gasteiger partial charge in [-0.3, -0.25) is 4.55 Å². The molecular weight excluding hydrogens is 715 g/mol. The number of allylic oxidation sites excluding steroid dienone is 1. The molecule has 0 atom stereocenters. The Labute approximate surface area is 283 Å². The van der Waals surface area contributed by atoms with Crippen molar-refractivity contribution in [2.75, 3.05) is 0 Å². The Morgan fingerprint density at radius 1 is 0.822 bits per heavy atom. The van der Waals surface area contributed by atoms with E-state index in [9.17, 15) is 13.2 Å². The maximum absolute atomic E-state index is 10.7. The van der Waals surface area contributed by atoms with Crippen LogP contribution in [-0.2, 0) is 30.5 Å². The Balaban J connectivity index is 0.000000728. The number of benzene rings is 2. The van der Waals surface area contributed by atoms with Gasteiger partial charge in [0, 0.05) is 20.4 Å². The maximum atomic E-state index is 10.7.